The maximum Gasteiger partial charge on any atom is 0.242 e. The van der Waals surface area contributed by atoms with Gasteiger partial charge in [0.2, 0.25) is 10.0 Å². The minimum absolute atomic E-state index is 0.155. The molecule has 3 rings (SSSR count). The van der Waals surface area contributed by atoms with Crippen LogP contribution in [-0.2, 0) is 16.6 Å². The highest BCUT2D eigenvalue weighted by Crippen LogP contribution is 2.20. The van der Waals surface area contributed by atoms with Crippen molar-refractivity contribution in [2.45, 2.75) is 43.8 Å². The molecule has 3 N–H and O–H groups in total. The van der Waals surface area contributed by atoms with Gasteiger partial charge in [-0.15, -0.1) is 0 Å². The molecule has 1 aliphatic rings. The van der Waals surface area contributed by atoms with E-state index in [0.29, 0.717) is 24.6 Å². The molecule has 2 unspecified atom stereocenters. The lowest BCUT2D eigenvalue weighted by molar-refractivity contribution is 0.258. The van der Waals surface area contributed by atoms with E-state index in [4.69, 9.17) is 0 Å². The molecule has 1 saturated heterocycles. The summed E-state index contributed by atoms with van der Waals surface area (Å²) in [6.07, 6.45) is 3.91. The molecule has 0 spiro atoms. The first-order valence-electron chi connectivity index (χ1n) is 10.7. The van der Waals surface area contributed by atoms with Gasteiger partial charge < -0.3 is 10.6 Å². The van der Waals surface area contributed by atoms with Crippen LogP contribution in [0.1, 0.15) is 25.8 Å². The molecule has 8 nitrogen and oxygen atoms in total. The van der Waals surface area contributed by atoms with Gasteiger partial charge in [0, 0.05) is 50.7 Å². The molecule has 1 aromatic heterocycles. The number of sulfonamides is 1. The minimum atomic E-state index is -3.57. The lowest BCUT2D eigenvalue weighted by Gasteiger charge is -2.21. The van der Waals surface area contributed by atoms with Crippen LogP contribution in [0, 0.1) is 0 Å². The van der Waals surface area contributed by atoms with Gasteiger partial charge in [0.15, 0.2) is 5.96 Å². The van der Waals surface area contributed by atoms with E-state index in [1.54, 1.807) is 12.3 Å². The van der Waals surface area contributed by atoms with E-state index in [1.165, 1.54) is 17.8 Å². The molecule has 2 atom stereocenters. The molecule has 1 aromatic carbocycles. The van der Waals surface area contributed by atoms with Gasteiger partial charge in [0.25, 0.3) is 0 Å². The highest BCUT2D eigenvalue weighted by Gasteiger charge is 2.29. The fourth-order valence-electron chi connectivity index (χ4n) is 3.69. The Morgan fingerprint density at radius 3 is 2.74 bits per heavy atom. The number of rotatable bonds is 9. The van der Waals surface area contributed by atoms with Crippen LogP contribution in [0.2, 0.25) is 0 Å². The van der Waals surface area contributed by atoms with Gasteiger partial charge >= 0.3 is 0 Å². The Hall–Kier alpha value is -2.49. The molecule has 168 valence electrons. The Kier molecular flexibility index (Phi) is 8.39. The molecule has 0 aliphatic carbocycles. The topological polar surface area (TPSA) is 98.7 Å². The summed E-state index contributed by atoms with van der Waals surface area (Å²) in [4.78, 5) is 11.0. The highest BCUT2D eigenvalue weighted by molar-refractivity contribution is 7.89. The molecule has 2 aromatic rings. The Balaban J connectivity index is 1.50. The lowest BCUT2D eigenvalue weighted by Crippen LogP contribution is -2.45. The molecule has 0 amide bonds. The van der Waals surface area contributed by atoms with Crippen LogP contribution in [0.5, 0.6) is 0 Å². The van der Waals surface area contributed by atoms with Crippen molar-refractivity contribution in [3.05, 3.63) is 60.4 Å². The van der Waals surface area contributed by atoms with Crippen molar-refractivity contribution in [3.8, 4) is 0 Å². The van der Waals surface area contributed by atoms with Gasteiger partial charge in [-0.3, -0.25) is 14.9 Å². The number of hydrogen-bond acceptors (Lipinski definition) is 5. The van der Waals surface area contributed by atoms with Crippen LogP contribution in [-0.4, -0.2) is 62.5 Å². The van der Waals surface area contributed by atoms with Crippen molar-refractivity contribution < 1.29 is 8.42 Å². The molecule has 1 aliphatic heterocycles. The third kappa shape index (κ3) is 7.02. The van der Waals surface area contributed by atoms with E-state index < -0.39 is 10.0 Å². The largest absolute Gasteiger partial charge is 0.357 e. The fraction of sp³-hybridized carbons (Fsp3) is 0.455. The predicted octanol–water partition coefficient (Wildman–Crippen LogP) is 1.58. The zero-order valence-corrected chi connectivity index (χ0v) is 19.0. The number of likely N-dealkylation sites (tertiary alicyclic amines) is 1. The molecule has 0 saturated carbocycles. The zero-order chi connectivity index (χ0) is 22.1. The summed E-state index contributed by atoms with van der Waals surface area (Å²) < 4.78 is 27.1. The van der Waals surface area contributed by atoms with Crippen molar-refractivity contribution in [1.82, 2.24) is 25.2 Å². The number of guanidine groups is 1. The third-order valence-electron chi connectivity index (χ3n) is 5.24. The number of aromatic nitrogens is 1. The number of pyridine rings is 1. The second kappa shape index (κ2) is 11.2. The summed E-state index contributed by atoms with van der Waals surface area (Å²) in [5.74, 6) is 0.710. The van der Waals surface area contributed by atoms with Gasteiger partial charge in [-0.1, -0.05) is 30.3 Å². The monoisotopic (exact) mass is 444 g/mol. The summed E-state index contributed by atoms with van der Waals surface area (Å²) >= 11 is 0. The average Bonchev–Trinajstić information content (AvgIpc) is 3.11. The van der Waals surface area contributed by atoms with Crippen LogP contribution < -0.4 is 15.4 Å². The summed E-state index contributed by atoms with van der Waals surface area (Å²) in [6.45, 7) is 7.43. The molecular weight excluding hydrogens is 412 g/mol. The van der Waals surface area contributed by atoms with Crippen molar-refractivity contribution in [2.75, 3.05) is 26.2 Å². The second-order valence-corrected chi connectivity index (χ2v) is 9.46. The number of benzene rings is 1. The Morgan fingerprint density at radius 2 is 2.03 bits per heavy atom. The normalized spacial score (nSPS) is 20.0. The van der Waals surface area contributed by atoms with Crippen LogP contribution >= 0.6 is 0 Å². The second-order valence-electron chi connectivity index (χ2n) is 7.69. The van der Waals surface area contributed by atoms with Crippen LogP contribution in [0.3, 0.4) is 0 Å². The summed E-state index contributed by atoms with van der Waals surface area (Å²) in [5.41, 5.74) is 1.32. The Labute approximate surface area is 185 Å². The van der Waals surface area contributed by atoms with E-state index in [2.05, 4.69) is 61.4 Å². The van der Waals surface area contributed by atoms with Crippen LogP contribution in [0.4, 0.5) is 0 Å². The maximum absolute atomic E-state index is 12.3. The summed E-state index contributed by atoms with van der Waals surface area (Å²) in [5, 5.41) is 6.75. The number of nitrogens with zero attached hydrogens (tertiary/aromatic N) is 3. The molecule has 0 radical (unpaired) electrons. The third-order valence-corrected chi connectivity index (χ3v) is 6.68. The summed E-state index contributed by atoms with van der Waals surface area (Å²) in [7, 11) is -3.57. The van der Waals surface area contributed by atoms with Gasteiger partial charge in [-0.2, -0.15) is 0 Å². The average molecular weight is 445 g/mol. The van der Waals surface area contributed by atoms with E-state index >= 15 is 0 Å². The van der Waals surface area contributed by atoms with Crippen molar-refractivity contribution >= 4 is 16.0 Å². The van der Waals surface area contributed by atoms with E-state index in [-0.39, 0.29) is 11.4 Å². The number of hydrogen-bond donors (Lipinski definition) is 3. The van der Waals surface area contributed by atoms with Crippen molar-refractivity contribution in [3.63, 3.8) is 0 Å². The first-order valence-corrected chi connectivity index (χ1v) is 12.2. The Morgan fingerprint density at radius 1 is 1.23 bits per heavy atom. The van der Waals surface area contributed by atoms with Gasteiger partial charge in [0.05, 0.1) is 6.54 Å². The van der Waals surface area contributed by atoms with Gasteiger partial charge in [-0.25, -0.2) is 13.1 Å². The van der Waals surface area contributed by atoms with E-state index in [1.807, 2.05) is 13.0 Å². The molecule has 31 heavy (non-hydrogen) atoms. The zero-order valence-electron chi connectivity index (χ0n) is 18.2. The van der Waals surface area contributed by atoms with Crippen LogP contribution in [0.15, 0.2) is 64.7 Å². The fourth-order valence-corrected chi connectivity index (χ4v) is 4.68. The standard InChI is InChI=1S/C22H32N6O2S/c1-3-24-22(25-12-13-26-31(29,30)21-10-7-11-23-15-21)27-20-14-18(2)28(17-20)16-19-8-5-4-6-9-19/h4-11,15,18,20,26H,3,12-14,16-17H2,1-2H3,(H2,24,25,27). The van der Waals surface area contributed by atoms with E-state index in [0.717, 1.165) is 26.1 Å². The maximum atomic E-state index is 12.3. The van der Waals surface area contributed by atoms with Crippen LogP contribution in [0.25, 0.3) is 0 Å². The quantitative estimate of drug-likeness (QED) is 0.309. The number of nitrogens with one attached hydrogen (secondary N) is 3. The lowest BCUT2D eigenvalue weighted by atomic mass is 10.2. The van der Waals surface area contributed by atoms with E-state index in [9.17, 15) is 8.42 Å². The SMILES string of the molecule is CCNC(=NCCNS(=O)(=O)c1cccnc1)NC1CC(C)N(Cc2ccccc2)C1. The van der Waals surface area contributed by atoms with Crippen molar-refractivity contribution in [1.29, 1.82) is 0 Å². The summed E-state index contributed by atoms with van der Waals surface area (Å²) in [6, 6.07) is 14.4. The predicted molar refractivity (Wildman–Crippen MR) is 123 cm³/mol. The van der Waals surface area contributed by atoms with Gasteiger partial charge in [-0.05, 0) is 38.0 Å². The molecule has 1 fully saturated rings. The molecule has 9 heteroatoms. The molecule has 0 bridgehead atoms. The van der Waals surface area contributed by atoms with Crippen molar-refractivity contribution in [2.24, 2.45) is 4.99 Å². The minimum Gasteiger partial charge on any atom is -0.357 e. The molecular formula is C22H32N6O2S. The first-order chi connectivity index (χ1) is 15.0. The van der Waals surface area contributed by atoms with Gasteiger partial charge in [0.1, 0.15) is 4.90 Å². The highest BCUT2D eigenvalue weighted by atomic mass is 32.2. The number of aliphatic imine (C=N–C) groups is 1. The first kappa shape index (κ1) is 23.2. The Bertz CT molecular complexity index is 937. The molecule has 2 heterocycles. The smallest absolute Gasteiger partial charge is 0.242 e.